The van der Waals surface area contributed by atoms with Gasteiger partial charge in [-0.3, -0.25) is 4.99 Å². The second-order valence-corrected chi connectivity index (χ2v) is 9.65. The Morgan fingerprint density at radius 3 is 2.74 bits per heavy atom. The largest absolute Gasteiger partial charge is 0.493 e. The Hall–Kier alpha value is -3.05. The van der Waals surface area contributed by atoms with E-state index in [9.17, 15) is 0 Å². The molecule has 1 aliphatic heterocycles. The molecule has 0 saturated carbocycles. The quantitative estimate of drug-likeness (QED) is 0.257. The molecule has 5 heteroatoms. The van der Waals surface area contributed by atoms with Crippen molar-refractivity contribution in [2.75, 3.05) is 19.0 Å². The Balaban J connectivity index is 1.34. The summed E-state index contributed by atoms with van der Waals surface area (Å²) in [4.78, 5) is 4.70. The smallest absolute Gasteiger partial charge is 0.175 e. The first-order chi connectivity index (χ1) is 16.7. The standard InChI is InChI=1S/C29H29BrN2O2/c1-3-15-34-29-25(30)16-19(17-27(29)33-2)18-31-21-13-11-20(12-14-21)28-24-9-6-8-22(24)23-7-4-5-10-26(23)32-28/h4-8,10-14,16-18,22,24,28,32H,3,9,15H2,1-2H3/t22-,24+,28+/m1/s1. The van der Waals surface area contributed by atoms with Crippen LogP contribution in [0.25, 0.3) is 0 Å². The predicted octanol–water partition coefficient (Wildman–Crippen LogP) is 7.82. The molecule has 0 bridgehead atoms. The highest BCUT2D eigenvalue weighted by atomic mass is 79.9. The molecule has 4 nitrogen and oxygen atoms in total. The van der Waals surface area contributed by atoms with Crippen LogP contribution in [0.2, 0.25) is 0 Å². The lowest BCUT2D eigenvalue weighted by Gasteiger charge is -2.37. The minimum Gasteiger partial charge on any atom is -0.493 e. The van der Waals surface area contributed by atoms with Crippen LogP contribution in [-0.4, -0.2) is 19.9 Å². The van der Waals surface area contributed by atoms with Gasteiger partial charge in [0.2, 0.25) is 0 Å². The number of hydrogen-bond donors (Lipinski definition) is 1. The second kappa shape index (κ2) is 10.1. The van der Waals surface area contributed by atoms with Crippen molar-refractivity contribution in [3.05, 3.63) is 94.0 Å². The third kappa shape index (κ3) is 4.49. The Kier molecular flexibility index (Phi) is 6.73. The summed E-state index contributed by atoms with van der Waals surface area (Å²) >= 11 is 3.60. The molecule has 0 aromatic heterocycles. The molecule has 3 atom stereocenters. The Morgan fingerprint density at radius 1 is 1.12 bits per heavy atom. The van der Waals surface area contributed by atoms with Gasteiger partial charge in [-0.05, 0) is 81.7 Å². The number of ether oxygens (including phenoxy) is 2. The number of allylic oxidation sites excluding steroid dienone is 2. The summed E-state index contributed by atoms with van der Waals surface area (Å²) in [7, 11) is 1.66. The number of fused-ring (bicyclic) bond motifs is 3. The van der Waals surface area contributed by atoms with E-state index < -0.39 is 0 Å². The predicted molar refractivity (Wildman–Crippen MR) is 143 cm³/mol. The number of halogens is 1. The van der Waals surface area contributed by atoms with Gasteiger partial charge >= 0.3 is 0 Å². The fourth-order valence-corrected chi connectivity index (χ4v) is 5.52. The average molecular weight is 517 g/mol. The van der Waals surface area contributed by atoms with Gasteiger partial charge in [-0.1, -0.05) is 49.4 Å². The molecule has 0 saturated heterocycles. The van der Waals surface area contributed by atoms with Crippen LogP contribution in [0.15, 0.2) is 82.3 Å². The first kappa shape index (κ1) is 22.7. The SMILES string of the molecule is CCCOc1c(Br)cc(C=Nc2ccc([C@@H]3Nc4ccccc4[C@H]4C=CC[C@@H]43)cc2)cc1OC. The summed E-state index contributed by atoms with van der Waals surface area (Å²) < 4.78 is 12.2. The average Bonchev–Trinajstić information content (AvgIpc) is 3.37. The topological polar surface area (TPSA) is 42.8 Å². The van der Waals surface area contributed by atoms with Crippen molar-refractivity contribution in [1.82, 2.24) is 0 Å². The molecule has 1 aliphatic carbocycles. The lowest BCUT2D eigenvalue weighted by molar-refractivity contribution is 0.292. The van der Waals surface area contributed by atoms with Gasteiger partial charge in [0.05, 0.1) is 29.9 Å². The maximum absolute atomic E-state index is 5.82. The number of nitrogens with one attached hydrogen (secondary N) is 1. The summed E-state index contributed by atoms with van der Waals surface area (Å²) in [6, 6.07) is 21.5. The monoisotopic (exact) mass is 516 g/mol. The van der Waals surface area contributed by atoms with Crippen LogP contribution in [0, 0.1) is 5.92 Å². The summed E-state index contributed by atoms with van der Waals surface area (Å²) in [6.45, 7) is 2.73. The zero-order valence-electron chi connectivity index (χ0n) is 19.5. The first-order valence-corrected chi connectivity index (χ1v) is 12.6. The van der Waals surface area contributed by atoms with Crippen LogP contribution < -0.4 is 14.8 Å². The van der Waals surface area contributed by atoms with Crippen molar-refractivity contribution in [3.63, 3.8) is 0 Å². The van der Waals surface area contributed by atoms with Gasteiger partial charge in [0.15, 0.2) is 11.5 Å². The van der Waals surface area contributed by atoms with Crippen LogP contribution in [0.3, 0.4) is 0 Å². The summed E-state index contributed by atoms with van der Waals surface area (Å²) in [6.07, 6.45) is 8.61. The number of methoxy groups -OCH3 is 1. The number of rotatable bonds is 7. The number of anilines is 1. The molecule has 5 rings (SSSR count). The number of nitrogens with zero attached hydrogens (tertiary/aromatic N) is 1. The van der Waals surface area contributed by atoms with Crippen LogP contribution in [0.1, 0.15) is 48.4 Å². The van der Waals surface area contributed by atoms with Crippen LogP contribution in [0.5, 0.6) is 11.5 Å². The lowest BCUT2D eigenvalue weighted by Crippen LogP contribution is -2.28. The number of benzene rings is 3. The van der Waals surface area contributed by atoms with Crippen LogP contribution in [0.4, 0.5) is 11.4 Å². The van der Waals surface area contributed by atoms with E-state index in [1.54, 1.807) is 7.11 Å². The molecule has 1 N–H and O–H groups in total. The van der Waals surface area contributed by atoms with Crippen molar-refractivity contribution in [2.24, 2.45) is 10.9 Å². The van der Waals surface area contributed by atoms with E-state index in [2.05, 4.69) is 88.9 Å². The molecule has 2 aliphatic rings. The van der Waals surface area contributed by atoms with Crippen molar-refractivity contribution < 1.29 is 9.47 Å². The molecule has 0 fully saturated rings. The van der Waals surface area contributed by atoms with Crippen LogP contribution in [-0.2, 0) is 0 Å². The van der Waals surface area contributed by atoms with E-state index in [0.29, 0.717) is 30.2 Å². The van der Waals surface area contributed by atoms with E-state index in [1.807, 2.05) is 18.3 Å². The minimum atomic E-state index is 0.295. The second-order valence-electron chi connectivity index (χ2n) is 8.80. The van der Waals surface area contributed by atoms with Gasteiger partial charge in [-0.2, -0.15) is 0 Å². The maximum Gasteiger partial charge on any atom is 0.175 e. The zero-order valence-corrected chi connectivity index (χ0v) is 21.1. The Morgan fingerprint density at radius 2 is 1.94 bits per heavy atom. The fourth-order valence-electron chi connectivity index (χ4n) is 4.95. The normalized spacial score (nSPS) is 20.6. The van der Waals surface area contributed by atoms with Gasteiger partial charge in [0, 0.05) is 17.8 Å². The zero-order chi connectivity index (χ0) is 23.5. The van der Waals surface area contributed by atoms with Crippen molar-refractivity contribution in [2.45, 2.75) is 31.7 Å². The van der Waals surface area contributed by atoms with E-state index in [-0.39, 0.29) is 0 Å². The van der Waals surface area contributed by atoms with Crippen molar-refractivity contribution >= 4 is 33.5 Å². The first-order valence-electron chi connectivity index (χ1n) is 11.8. The highest BCUT2D eigenvalue weighted by Crippen LogP contribution is 2.49. The van der Waals surface area contributed by atoms with E-state index >= 15 is 0 Å². The summed E-state index contributed by atoms with van der Waals surface area (Å²) in [5.74, 6) is 2.45. The molecular weight excluding hydrogens is 488 g/mol. The Labute approximate surface area is 209 Å². The fraction of sp³-hybridized carbons (Fsp3) is 0.276. The molecule has 1 heterocycles. The van der Waals surface area contributed by atoms with Crippen molar-refractivity contribution in [1.29, 1.82) is 0 Å². The highest BCUT2D eigenvalue weighted by Gasteiger charge is 2.37. The molecule has 174 valence electrons. The molecule has 0 unspecified atom stereocenters. The Bertz CT molecular complexity index is 1220. The molecule has 0 radical (unpaired) electrons. The molecule has 34 heavy (non-hydrogen) atoms. The number of para-hydroxylation sites is 1. The van der Waals surface area contributed by atoms with E-state index in [1.165, 1.54) is 16.8 Å². The molecule has 3 aromatic rings. The third-order valence-electron chi connectivity index (χ3n) is 6.59. The van der Waals surface area contributed by atoms with E-state index in [4.69, 9.17) is 14.5 Å². The molecule has 0 spiro atoms. The van der Waals surface area contributed by atoms with Crippen molar-refractivity contribution in [3.8, 4) is 11.5 Å². The summed E-state index contributed by atoms with van der Waals surface area (Å²) in [5, 5.41) is 3.79. The van der Waals surface area contributed by atoms with Gasteiger partial charge in [-0.25, -0.2) is 0 Å². The summed E-state index contributed by atoms with van der Waals surface area (Å²) in [5.41, 5.74) is 5.82. The number of aliphatic imine (C=N–C) groups is 1. The molecule has 0 amide bonds. The third-order valence-corrected chi connectivity index (χ3v) is 7.18. The van der Waals surface area contributed by atoms with Gasteiger partial charge in [0.1, 0.15) is 0 Å². The van der Waals surface area contributed by atoms with Gasteiger partial charge in [0.25, 0.3) is 0 Å². The van der Waals surface area contributed by atoms with Gasteiger partial charge < -0.3 is 14.8 Å². The highest BCUT2D eigenvalue weighted by molar-refractivity contribution is 9.10. The van der Waals surface area contributed by atoms with E-state index in [0.717, 1.165) is 34.3 Å². The maximum atomic E-state index is 5.82. The van der Waals surface area contributed by atoms with Gasteiger partial charge in [-0.15, -0.1) is 0 Å². The minimum absolute atomic E-state index is 0.295. The number of hydrogen-bond acceptors (Lipinski definition) is 4. The molecular formula is C29H29BrN2O2. The van der Waals surface area contributed by atoms with Crippen LogP contribution >= 0.6 is 15.9 Å². The molecule has 3 aromatic carbocycles. The lowest BCUT2D eigenvalue weighted by atomic mass is 9.77.